The molecule has 1 aromatic heterocycles. The van der Waals surface area contributed by atoms with E-state index in [0.717, 1.165) is 44.2 Å². The molecule has 1 atom stereocenters. The quantitative estimate of drug-likeness (QED) is 0.849. The van der Waals surface area contributed by atoms with Gasteiger partial charge in [0.05, 0.1) is 12.8 Å². The number of pyridine rings is 1. The van der Waals surface area contributed by atoms with Gasteiger partial charge in [0.15, 0.2) is 0 Å². The van der Waals surface area contributed by atoms with E-state index >= 15 is 0 Å². The summed E-state index contributed by atoms with van der Waals surface area (Å²) in [7, 11) is 1.72. The van der Waals surface area contributed by atoms with Crippen LogP contribution in [0.4, 0.5) is 0 Å². The van der Waals surface area contributed by atoms with Gasteiger partial charge in [0, 0.05) is 45.0 Å². The summed E-state index contributed by atoms with van der Waals surface area (Å²) < 4.78 is 5.31. The topological polar surface area (TPSA) is 28.6 Å². The summed E-state index contributed by atoms with van der Waals surface area (Å²) in [5.74, 6) is 0.935. The molecule has 23 heavy (non-hydrogen) atoms. The van der Waals surface area contributed by atoms with Gasteiger partial charge in [0.1, 0.15) is 5.75 Å². The fraction of sp³-hybridized carbons (Fsp3) is 0.421. The number of methoxy groups -OCH3 is 1. The minimum atomic E-state index is 0.538. The van der Waals surface area contributed by atoms with E-state index in [9.17, 15) is 0 Å². The molecule has 2 heterocycles. The zero-order valence-corrected chi connectivity index (χ0v) is 14.0. The molecular formula is C19H25N3O. The molecule has 0 spiro atoms. The molecule has 4 heteroatoms. The van der Waals surface area contributed by atoms with E-state index in [1.165, 1.54) is 5.56 Å². The van der Waals surface area contributed by atoms with Gasteiger partial charge in [-0.05, 0) is 36.8 Å². The summed E-state index contributed by atoms with van der Waals surface area (Å²) >= 11 is 0. The molecule has 1 aromatic carbocycles. The van der Waals surface area contributed by atoms with E-state index in [1.807, 2.05) is 18.3 Å². The van der Waals surface area contributed by atoms with E-state index in [0.29, 0.717) is 6.04 Å². The predicted molar refractivity (Wildman–Crippen MR) is 92.4 cm³/mol. The van der Waals surface area contributed by atoms with E-state index in [1.54, 1.807) is 7.11 Å². The van der Waals surface area contributed by atoms with Crippen molar-refractivity contribution < 1.29 is 4.74 Å². The Morgan fingerprint density at radius 3 is 2.78 bits per heavy atom. The van der Waals surface area contributed by atoms with Crippen LogP contribution >= 0.6 is 0 Å². The van der Waals surface area contributed by atoms with Gasteiger partial charge in [-0.15, -0.1) is 0 Å². The first-order valence-electron chi connectivity index (χ1n) is 8.24. The summed E-state index contributed by atoms with van der Waals surface area (Å²) in [4.78, 5) is 9.48. The van der Waals surface area contributed by atoms with Crippen molar-refractivity contribution in [2.45, 2.75) is 26.1 Å². The number of rotatable bonds is 5. The average molecular weight is 311 g/mol. The summed E-state index contributed by atoms with van der Waals surface area (Å²) in [5, 5.41) is 0. The molecule has 1 aliphatic heterocycles. The molecule has 122 valence electrons. The molecule has 0 N–H and O–H groups in total. The lowest BCUT2D eigenvalue weighted by molar-refractivity contribution is 0.0723. The number of ether oxygens (including phenoxy) is 1. The maximum atomic E-state index is 5.31. The van der Waals surface area contributed by atoms with Crippen LogP contribution in [0.3, 0.4) is 0 Å². The minimum Gasteiger partial charge on any atom is -0.497 e. The van der Waals surface area contributed by atoms with Crippen molar-refractivity contribution in [3.8, 4) is 5.75 Å². The van der Waals surface area contributed by atoms with Crippen LogP contribution in [0.2, 0.25) is 0 Å². The van der Waals surface area contributed by atoms with Gasteiger partial charge in [-0.25, -0.2) is 0 Å². The molecule has 1 saturated heterocycles. The largest absolute Gasteiger partial charge is 0.497 e. The molecular weight excluding hydrogens is 286 g/mol. The number of nitrogens with zero attached hydrogens (tertiary/aromatic N) is 3. The molecule has 0 saturated carbocycles. The van der Waals surface area contributed by atoms with Gasteiger partial charge < -0.3 is 4.74 Å². The van der Waals surface area contributed by atoms with Gasteiger partial charge in [-0.2, -0.15) is 0 Å². The Balaban J connectivity index is 1.55. The molecule has 0 aliphatic carbocycles. The summed E-state index contributed by atoms with van der Waals surface area (Å²) in [6, 6.07) is 15.0. The van der Waals surface area contributed by atoms with Crippen LogP contribution in [-0.2, 0) is 13.1 Å². The van der Waals surface area contributed by atoms with Crippen LogP contribution < -0.4 is 4.74 Å². The normalized spacial score (nSPS) is 19.7. The van der Waals surface area contributed by atoms with Crippen molar-refractivity contribution in [3.63, 3.8) is 0 Å². The standard InChI is InChI=1S/C19H25N3O/c1-16-13-21(14-17-6-5-8-19(12-17)23-2)10-11-22(16)15-18-7-3-4-9-20-18/h3-9,12,16H,10-11,13-15H2,1-2H3/t16-/m0/s1. The smallest absolute Gasteiger partial charge is 0.119 e. The third-order valence-electron chi connectivity index (χ3n) is 4.48. The van der Waals surface area contributed by atoms with Gasteiger partial charge >= 0.3 is 0 Å². The van der Waals surface area contributed by atoms with Crippen molar-refractivity contribution in [2.75, 3.05) is 26.7 Å². The second-order valence-corrected chi connectivity index (χ2v) is 6.23. The summed E-state index contributed by atoms with van der Waals surface area (Å²) in [6.07, 6.45) is 1.87. The summed E-state index contributed by atoms with van der Waals surface area (Å²) in [6.45, 7) is 7.49. The Hall–Kier alpha value is -1.91. The minimum absolute atomic E-state index is 0.538. The first-order valence-corrected chi connectivity index (χ1v) is 8.24. The first kappa shape index (κ1) is 16.0. The molecule has 3 rings (SSSR count). The number of aromatic nitrogens is 1. The van der Waals surface area contributed by atoms with Crippen LogP contribution in [-0.4, -0.2) is 47.6 Å². The SMILES string of the molecule is COc1cccc(CN2CCN(Cc3ccccn3)[C@@H](C)C2)c1. The Morgan fingerprint density at radius 2 is 2.04 bits per heavy atom. The van der Waals surface area contributed by atoms with Gasteiger partial charge in [-0.1, -0.05) is 18.2 Å². The number of piperazine rings is 1. The van der Waals surface area contributed by atoms with Gasteiger partial charge in [-0.3, -0.25) is 14.8 Å². The Kier molecular flexibility index (Phi) is 5.26. The second kappa shape index (κ2) is 7.57. The predicted octanol–water partition coefficient (Wildman–Crippen LogP) is 2.80. The van der Waals surface area contributed by atoms with Crippen LogP contribution in [0.1, 0.15) is 18.2 Å². The molecule has 1 fully saturated rings. The third-order valence-corrected chi connectivity index (χ3v) is 4.48. The van der Waals surface area contributed by atoms with Crippen LogP contribution in [0.5, 0.6) is 5.75 Å². The Bertz CT molecular complexity index is 617. The number of hydrogen-bond acceptors (Lipinski definition) is 4. The van der Waals surface area contributed by atoms with Crippen LogP contribution in [0.25, 0.3) is 0 Å². The highest BCUT2D eigenvalue weighted by atomic mass is 16.5. The lowest BCUT2D eigenvalue weighted by Crippen LogP contribution is -2.50. The van der Waals surface area contributed by atoms with Crippen molar-refractivity contribution in [2.24, 2.45) is 0 Å². The molecule has 0 amide bonds. The molecule has 4 nitrogen and oxygen atoms in total. The zero-order valence-electron chi connectivity index (χ0n) is 14.0. The molecule has 0 unspecified atom stereocenters. The van der Waals surface area contributed by atoms with Crippen molar-refractivity contribution in [3.05, 3.63) is 59.9 Å². The maximum absolute atomic E-state index is 5.31. The lowest BCUT2D eigenvalue weighted by atomic mass is 10.1. The number of benzene rings is 1. The lowest BCUT2D eigenvalue weighted by Gasteiger charge is -2.39. The zero-order chi connectivity index (χ0) is 16.1. The highest BCUT2D eigenvalue weighted by Gasteiger charge is 2.23. The van der Waals surface area contributed by atoms with Crippen LogP contribution in [0, 0.1) is 0 Å². The van der Waals surface area contributed by atoms with Crippen molar-refractivity contribution in [1.29, 1.82) is 0 Å². The average Bonchev–Trinajstić information content (AvgIpc) is 2.58. The van der Waals surface area contributed by atoms with Crippen molar-refractivity contribution in [1.82, 2.24) is 14.8 Å². The molecule has 0 radical (unpaired) electrons. The highest BCUT2D eigenvalue weighted by Crippen LogP contribution is 2.18. The van der Waals surface area contributed by atoms with Crippen LogP contribution in [0.15, 0.2) is 48.7 Å². The third kappa shape index (κ3) is 4.30. The molecule has 2 aromatic rings. The molecule has 0 bridgehead atoms. The maximum Gasteiger partial charge on any atom is 0.119 e. The fourth-order valence-corrected chi connectivity index (χ4v) is 3.18. The van der Waals surface area contributed by atoms with Gasteiger partial charge in [0.25, 0.3) is 0 Å². The van der Waals surface area contributed by atoms with Gasteiger partial charge in [0.2, 0.25) is 0 Å². The van der Waals surface area contributed by atoms with E-state index in [-0.39, 0.29) is 0 Å². The second-order valence-electron chi connectivity index (χ2n) is 6.23. The Labute approximate surface area is 138 Å². The highest BCUT2D eigenvalue weighted by molar-refractivity contribution is 5.28. The Morgan fingerprint density at radius 1 is 1.13 bits per heavy atom. The summed E-state index contributed by atoms with van der Waals surface area (Å²) in [5.41, 5.74) is 2.47. The van der Waals surface area contributed by atoms with E-state index in [4.69, 9.17) is 4.74 Å². The first-order chi connectivity index (χ1) is 11.2. The van der Waals surface area contributed by atoms with Crippen molar-refractivity contribution >= 4 is 0 Å². The van der Waals surface area contributed by atoms with E-state index in [2.05, 4.69) is 52.0 Å². The fourth-order valence-electron chi connectivity index (χ4n) is 3.18. The number of hydrogen-bond donors (Lipinski definition) is 0. The monoisotopic (exact) mass is 311 g/mol. The molecule has 1 aliphatic rings. The van der Waals surface area contributed by atoms with E-state index < -0.39 is 0 Å².